The van der Waals surface area contributed by atoms with Crippen molar-refractivity contribution in [3.63, 3.8) is 0 Å². The maximum Gasteiger partial charge on any atom is 0.303 e. The standard InChI is InChI=1S/C15H19BrN2O4/c16-12-7-8-13(19)11(9-12)10-17-18-14(20)5-3-1-2-4-6-15(21)22/h7-10,19H,1-6H2,(H,18,20)(H,21,22)/b17-10+. The summed E-state index contributed by atoms with van der Waals surface area (Å²) >= 11 is 3.28. The Balaban J connectivity index is 2.21. The number of phenols is 1. The second kappa shape index (κ2) is 9.94. The summed E-state index contributed by atoms with van der Waals surface area (Å²) < 4.78 is 0.805. The first-order valence-corrected chi connectivity index (χ1v) is 7.80. The van der Waals surface area contributed by atoms with E-state index in [1.165, 1.54) is 12.3 Å². The van der Waals surface area contributed by atoms with Crippen LogP contribution in [0.2, 0.25) is 0 Å². The third kappa shape index (κ3) is 7.78. The molecule has 1 aromatic rings. The number of halogens is 1. The smallest absolute Gasteiger partial charge is 0.303 e. The Kier molecular flexibility index (Phi) is 8.21. The predicted octanol–water partition coefficient (Wildman–Crippen LogP) is 3.03. The molecule has 1 rings (SSSR count). The van der Waals surface area contributed by atoms with E-state index >= 15 is 0 Å². The molecule has 1 aromatic carbocycles. The third-order valence-corrected chi connectivity index (χ3v) is 3.42. The minimum absolute atomic E-state index is 0.0830. The molecule has 0 saturated carbocycles. The fourth-order valence-corrected chi connectivity index (χ4v) is 2.15. The topological polar surface area (TPSA) is 99.0 Å². The van der Waals surface area contributed by atoms with Gasteiger partial charge in [-0.25, -0.2) is 5.43 Å². The summed E-state index contributed by atoms with van der Waals surface area (Å²) in [5.41, 5.74) is 2.90. The summed E-state index contributed by atoms with van der Waals surface area (Å²) in [5.74, 6) is -0.911. The maximum absolute atomic E-state index is 11.5. The number of carbonyl (C=O) groups is 2. The molecule has 7 heteroatoms. The zero-order valence-corrected chi connectivity index (χ0v) is 13.7. The molecule has 1 amide bonds. The highest BCUT2D eigenvalue weighted by atomic mass is 79.9. The maximum atomic E-state index is 11.5. The molecule has 0 saturated heterocycles. The number of carboxylic acids is 1. The van der Waals surface area contributed by atoms with Gasteiger partial charge in [0.05, 0.1) is 6.21 Å². The number of carboxylic acid groups (broad SMARTS) is 1. The van der Waals surface area contributed by atoms with Crippen LogP contribution in [-0.2, 0) is 9.59 Å². The third-order valence-electron chi connectivity index (χ3n) is 2.93. The largest absolute Gasteiger partial charge is 0.507 e. The van der Waals surface area contributed by atoms with Gasteiger partial charge in [-0.3, -0.25) is 9.59 Å². The quantitative estimate of drug-likeness (QED) is 0.353. The summed E-state index contributed by atoms with van der Waals surface area (Å²) in [6.45, 7) is 0. The van der Waals surface area contributed by atoms with Crippen LogP contribution in [-0.4, -0.2) is 28.3 Å². The van der Waals surface area contributed by atoms with Gasteiger partial charge in [-0.2, -0.15) is 5.10 Å². The Hall–Kier alpha value is -1.89. The van der Waals surface area contributed by atoms with Crippen molar-refractivity contribution >= 4 is 34.0 Å². The van der Waals surface area contributed by atoms with Crippen LogP contribution in [0, 0.1) is 0 Å². The molecule has 0 heterocycles. The van der Waals surface area contributed by atoms with Gasteiger partial charge in [0.15, 0.2) is 0 Å². The predicted molar refractivity (Wildman–Crippen MR) is 86.9 cm³/mol. The molecule has 22 heavy (non-hydrogen) atoms. The Morgan fingerprint density at radius 3 is 2.55 bits per heavy atom. The fraction of sp³-hybridized carbons (Fsp3) is 0.400. The summed E-state index contributed by atoms with van der Waals surface area (Å²) in [6.07, 6.45) is 4.85. The van der Waals surface area contributed by atoms with E-state index < -0.39 is 5.97 Å². The zero-order valence-electron chi connectivity index (χ0n) is 12.1. The van der Waals surface area contributed by atoms with Crippen molar-refractivity contribution in [3.05, 3.63) is 28.2 Å². The molecule has 6 nitrogen and oxygen atoms in total. The average Bonchev–Trinajstić information content (AvgIpc) is 2.46. The van der Waals surface area contributed by atoms with Gasteiger partial charge in [0.1, 0.15) is 5.75 Å². The lowest BCUT2D eigenvalue weighted by Crippen LogP contribution is -2.16. The van der Waals surface area contributed by atoms with E-state index in [0.29, 0.717) is 24.8 Å². The number of nitrogens with one attached hydrogen (secondary N) is 1. The SMILES string of the molecule is O=C(O)CCCCCCC(=O)N/N=C/c1cc(Br)ccc1O. The number of hydrogen-bond donors (Lipinski definition) is 3. The van der Waals surface area contributed by atoms with Gasteiger partial charge in [-0.1, -0.05) is 28.8 Å². The second-order valence-corrected chi connectivity index (χ2v) is 5.72. The first kappa shape index (κ1) is 18.2. The van der Waals surface area contributed by atoms with Crippen molar-refractivity contribution in [2.45, 2.75) is 38.5 Å². The molecule has 3 N–H and O–H groups in total. The Morgan fingerprint density at radius 2 is 1.86 bits per heavy atom. The molecular weight excluding hydrogens is 352 g/mol. The molecule has 0 aliphatic carbocycles. The van der Waals surface area contributed by atoms with Crippen molar-refractivity contribution in [1.29, 1.82) is 0 Å². The summed E-state index contributed by atoms with van der Waals surface area (Å²) in [5, 5.41) is 21.9. The lowest BCUT2D eigenvalue weighted by Gasteiger charge is -2.01. The summed E-state index contributed by atoms with van der Waals surface area (Å²) in [4.78, 5) is 21.9. The second-order valence-electron chi connectivity index (χ2n) is 4.80. The van der Waals surface area contributed by atoms with Gasteiger partial charge in [0, 0.05) is 22.9 Å². The number of aliphatic carboxylic acids is 1. The average molecular weight is 371 g/mol. The molecule has 0 unspecified atom stereocenters. The number of hydrogen-bond acceptors (Lipinski definition) is 4. The minimum atomic E-state index is -0.789. The lowest BCUT2D eigenvalue weighted by molar-refractivity contribution is -0.137. The number of aromatic hydroxyl groups is 1. The van der Waals surface area contributed by atoms with Gasteiger partial charge in [0.25, 0.3) is 0 Å². The van der Waals surface area contributed by atoms with Crippen LogP contribution in [0.25, 0.3) is 0 Å². The van der Waals surface area contributed by atoms with E-state index in [4.69, 9.17) is 5.11 Å². The molecule has 0 radical (unpaired) electrons. The number of nitrogens with zero attached hydrogens (tertiary/aromatic N) is 1. The van der Waals surface area contributed by atoms with E-state index in [1.54, 1.807) is 12.1 Å². The normalized spacial score (nSPS) is 10.8. The van der Waals surface area contributed by atoms with Crippen LogP contribution in [0.15, 0.2) is 27.8 Å². The van der Waals surface area contributed by atoms with Gasteiger partial charge >= 0.3 is 5.97 Å². The Morgan fingerprint density at radius 1 is 1.18 bits per heavy atom. The van der Waals surface area contributed by atoms with Crippen molar-refractivity contribution < 1.29 is 19.8 Å². The molecule has 0 bridgehead atoms. The first-order chi connectivity index (χ1) is 10.5. The summed E-state index contributed by atoms with van der Waals surface area (Å²) in [7, 11) is 0. The van der Waals surface area contributed by atoms with E-state index in [9.17, 15) is 14.7 Å². The number of amides is 1. The summed E-state index contributed by atoms with van der Waals surface area (Å²) in [6, 6.07) is 4.92. The molecule has 0 aliphatic heterocycles. The van der Waals surface area contributed by atoms with Crippen LogP contribution in [0.1, 0.15) is 44.1 Å². The number of benzene rings is 1. The lowest BCUT2D eigenvalue weighted by atomic mass is 10.1. The number of hydrazone groups is 1. The molecule has 0 spiro atoms. The number of phenolic OH excluding ortho intramolecular Hbond substituents is 1. The van der Waals surface area contributed by atoms with Gasteiger partial charge in [-0.15, -0.1) is 0 Å². The Bertz CT molecular complexity index is 546. The monoisotopic (exact) mass is 370 g/mol. The van der Waals surface area contributed by atoms with Crippen LogP contribution < -0.4 is 5.43 Å². The molecular formula is C15H19BrN2O4. The number of rotatable bonds is 9. The molecule has 120 valence electrons. The molecule has 0 atom stereocenters. The minimum Gasteiger partial charge on any atom is -0.507 e. The highest BCUT2D eigenvalue weighted by molar-refractivity contribution is 9.10. The van der Waals surface area contributed by atoms with Gasteiger partial charge in [-0.05, 0) is 31.0 Å². The van der Waals surface area contributed by atoms with E-state index in [2.05, 4.69) is 26.5 Å². The number of carbonyl (C=O) groups excluding carboxylic acids is 1. The van der Waals surface area contributed by atoms with E-state index in [0.717, 1.165) is 17.3 Å². The van der Waals surface area contributed by atoms with E-state index in [1.807, 2.05) is 0 Å². The highest BCUT2D eigenvalue weighted by Gasteiger charge is 2.02. The first-order valence-electron chi connectivity index (χ1n) is 7.01. The van der Waals surface area contributed by atoms with Crippen molar-refractivity contribution in [2.75, 3.05) is 0 Å². The number of unbranched alkanes of at least 4 members (excludes halogenated alkanes) is 3. The van der Waals surface area contributed by atoms with Crippen LogP contribution in [0.3, 0.4) is 0 Å². The van der Waals surface area contributed by atoms with E-state index in [-0.39, 0.29) is 18.1 Å². The van der Waals surface area contributed by atoms with Crippen LogP contribution >= 0.6 is 15.9 Å². The van der Waals surface area contributed by atoms with Crippen molar-refractivity contribution in [2.24, 2.45) is 5.10 Å². The van der Waals surface area contributed by atoms with Crippen molar-refractivity contribution in [3.8, 4) is 5.75 Å². The fourth-order valence-electron chi connectivity index (χ4n) is 1.77. The zero-order chi connectivity index (χ0) is 16.4. The molecule has 0 aliphatic rings. The van der Waals surface area contributed by atoms with Gasteiger partial charge < -0.3 is 10.2 Å². The van der Waals surface area contributed by atoms with Crippen LogP contribution in [0.5, 0.6) is 5.75 Å². The Labute approximate surface area is 137 Å². The van der Waals surface area contributed by atoms with Crippen LogP contribution in [0.4, 0.5) is 0 Å². The van der Waals surface area contributed by atoms with Gasteiger partial charge in [0.2, 0.25) is 5.91 Å². The molecule has 0 aromatic heterocycles. The van der Waals surface area contributed by atoms with Crippen molar-refractivity contribution in [1.82, 2.24) is 5.43 Å². The molecule has 0 fully saturated rings. The highest BCUT2D eigenvalue weighted by Crippen LogP contribution is 2.19.